The number of hydrazone groups is 2. The van der Waals surface area contributed by atoms with Gasteiger partial charge >= 0.3 is 0 Å². The highest BCUT2D eigenvalue weighted by atomic mass is 16.3. The van der Waals surface area contributed by atoms with E-state index in [-0.39, 0.29) is 23.3 Å². The number of nitrogens with zero attached hydrogens (tertiary/aromatic N) is 2. The highest BCUT2D eigenvalue weighted by molar-refractivity contribution is 6.03. The molecule has 0 aromatic heterocycles. The van der Waals surface area contributed by atoms with E-state index in [1.807, 2.05) is 60.7 Å². The number of nitrogens with one attached hydrogen (secondary N) is 2. The summed E-state index contributed by atoms with van der Waals surface area (Å²) in [6, 6.07) is 22.3. The quantitative estimate of drug-likeness (QED) is 0.0929. The van der Waals surface area contributed by atoms with Gasteiger partial charge in [-0.15, -0.1) is 0 Å². The van der Waals surface area contributed by atoms with E-state index in [0.29, 0.717) is 24.0 Å². The lowest BCUT2D eigenvalue weighted by Gasteiger charge is -2.05. The van der Waals surface area contributed by atoms with E-state index in [1.54, 1.807) is 12.1 Å². The molecule has 4 aromatic carbocycles. The first-order valence-electron chi connectivity index (χ1n) is 13.6. The van der Waals surface area contributed by atoms with Gasteiger partial charge in [-0.25, -0.2) is 10.9 Å². The number of amides is 2. The Morgan fingerprint density at radius 2 is 0.975 bits per heavy atom. The molecule has 0 unspecified atom stereocenters. The summed E-state index contributed by atoms with van der Waals surface area (Å²) in [5, 5.41) is 32.0. The molecular weight excluding hydrogens is 504 g/mol. The summed E-state index contributed by atoms with van der Waals surface area (Å²) in [5.41, 5.74) is 6.21. The van der Waals surface area contributed by atoms with E-state index >= 15 is 0 Å². The molecule has 0 spiro atoms. The van der Waals surface area contributed by atoms with Gasteiger partial charge in [-0.3, -0.25) is 9.59 Å². The van der Waals surface area contributed by atoms with Crippen LogP contribution in [0.25, 0.3) is 21.5 Å². The summed E-state index contributed by atoms with van der Waals surface area (Å²) in [6.45, 7) is 0. The second kappa shape index (κ2) is 14.4. The normalized spacial score (nSPS) is 11.5. The third-order valence-corrected chi connectivity index (χ3v) is 6.72. The van der Waals surface area contributed by atoms with Crippen LogP contribution in [-0.2, 0) is 9.59 Å². The van der Waals surface area contributed by atoms with Crippen LogP contribution in [0.2, 0.25) is 0 Å². The van der Waals surface area contributed by atoms with Crippen LogP contribution in [-0.4, -0.2) is 34.5 Å². The summed E-state index contributed by atoms with van der Waals surface area (Å²) in [5.74, 6) is -0.0960. The van der Waals surface area contributed by atoms with Gasteiger partial charge in [0.1, 0.15) is 11.5 Å². The molecule has 0 saturated heterocycles. The molecule has 206 valence electrons. The molecule has 8 nitrogen and oxygen atoms in total. The Balaban J connectivity index is 1.06. The summed E-state index contributed by atoms with van der Waals surface area (Å²) >= 11 is 0. The van der Waals surface area contributed by atoms with Gasteiger partial charge in [-0.2, -0.15) is 10.2 Å². The van der Waals surface area contributed by atoms with Crippen LogP contribution in [0.3, 0.4) is 0 Å². The number of hydrogen-bond donors (Lipinski definition) is 4. The zero-order valence-electron chi connectivity index (χ0n) is 22.3. The van der Waals surface area contributed by atoms with Crippen molar-refractivity contribution in [3.8, 4) is 11.5 Å². The Hall–Kier alpha value is -4.72. The van der Waals surface area contributed by atoms with E-state index in [9.17, 15) is 19.8 Å². The molecule has 2 amide bonds. The van der Waals surface area contributed by atoms with E-state index < -0.39 is 0 Å². The number of hydrogen-bond acceptors (Lipinski definition) is 6. The van der Waals surface area contributed by atoms with Crippen LogP contribution in [0.15, 0.2) is 83.0 Å². The van der Waals surface area contributed by atoms with Gasteiger partial charge in [-0.1, -0.05) is 86.3 Å². The van der Waals surface area contributed by atoms with Crippen LogP contribution >= 0.6 is 0 Å². The second-order valence-corrected chi connectivity index (χ2v) is 9.65. The minimum absolute atomic E-state index is 0.114. The van der Waals surface area contributed by atoms with E-state index in [2.05, 4.69) is 21.1 Å². The number of fused-ring (bicyclic) bond motifs is 2. The zero-order valence-corrected chi connectivity index (χ0v) is 22.3. The highest BCUT2D eigenvalue weighted by Crippen LogP contribution is 2.26. The van der Waals surface area contributed by atoms with Gasteiger partial charge < -0.3 is 10.2 Å². The maximum Gasteiger partial charge on any atom is 0.240 e. The molecule has 0 aliphatic heterocycles. The van der Waals surface area contributed by atoms with Crippen molar-refractivity contribution in [2.75, 3.05) is 0 Å². The number of carbonyl (C=O) groups is 2. The van der Waals surface area contributed by atoms with Gasteiger partial charge in [-0.05, 0) is 46.5 Å². The molecule has 0 atom stereocenters. The predicted molar refractivity (Wildman–Crippen MR) is 160 cm³/mol. The SMILES string of the molecule is O=C(CCCCCCCCC(=O)N/N=C/c1c(O)ccc2ccccc12)N/N=C/c1c(O)ccc2ccccc12. The Morgan fingerprint density at radius 1 is 0.575 bits per heavy atom. The Bertz CT molecular complexity index is 1420. The second-order valence-electron chi connectivity index (χ2n) is 9.65. The topological polar surface area (TPSA) is 123 Å². The minimum atomic E-state index is -0.162. The standard InChI is InChI=1S/C32H34N4O4/c37-29-19-17-23-11-7-9-13-25(23)27(29)21-33-35-31(39)15-5-3-1-2-4-6-16-32(40)36-34-22-28-26-14-10-8-12-24(26)18-20-30(28)38/h7-14,17-22,37-38H,1-6,15-16H2,(H,35,39)(H,36,40)/b33-21+,34-22+. The molecule has 0 saturated carbocycles. The first kappa shape index (κ1) is 28.3. The molecule has 8 heteroatoms. The number of carbonyl (C=O) groups excluding carboxylic acids is 2. The smallest absolute Gasteiger partial charge is 0.240 e. The molecule has 0 fully saturated rings. The number of aromatic hydroxyl groups is 2. The molecular formula is C32H34N4O4. The van der Waals surface area contributed by atoms with Crippen molar-refractivity contribution in [3.63, 3.8) is 0 Å². The third-order valence-electron chi connectivity index (χ3n) is 6.72. The summed E-state index contributed by atoms with van der Waals surface area (Å²) in [4.78, 5) is 24.2. The summed E-state index contributed by atoms with van der Waals surface area (Å²) in [6.07, 6.45) is 9.06. The fraction of sp³-hybridized carbons (Fsp3) is 0.250. The third kappa shape index (κ3) is 7.89. The lowest BCUT2D eigenvalue weighted by molar-refractivity contribution is -0.122. The molecule has 4 aromatic rings. The summed E-state index contributed by atoms with van der Waals surface area (Å²) in [7, 11) is 0. The van der Waals surface area contributed by atoms with Crippen LogP contribution in [0.4, 0.5) is 0 Å². The number of benzene rings is 4. The van der Waals surface area contributed by atoms with Crippen molar-refractivity contribution in [3.05, 3.63) is 83.9 Å². The Morgan fingerprint density at radius 3 is 1.43 bits per heavy atom. The van der Waals surface area contributed by atoms with Crippen LogP contribution in [0.5, 0.6) is 11.5 Å². The van der Waals surface area contributed by atoms with E-state index in [0.717, 1.165) is 60.1 Å². The maximum atomic E-state index is 12.1. The first-order valence-corrected chi connectivity index (χ1v) is 13.6. The van der Waals surface area contributed by atoms with Gasteiger partial charge in [0.2, 0.25) is 11.8 Å². The van der Waals surface area contributed by atoms with Gasteiger partial charge in [0.25, 0.3) is 0 Å². The number of rotatable bonds is 13. The Labute approximate surface area is 233 Å². The fourth-order valence-corrected chi connectivity index (χ4v) is 4.57. The molecule has 4 N–H and O–H groups in total. The average Bonchev–Trinajstić information content (AvgIpc) is 2.96. The number of phenolic OH excluding ortho intramolecular Hbond substituents is 2. The molecule has 0 aliphatic rings. The fourth-order valence-electron chi connectivity index (χ4n) is 4.57. The van der Waals surface area contributed by atoms with Crippen molar-refractivity contribution in [2.24, 2.45) is 10.2 Å². The van der Waals surface area contributed by atoms with Gasteiger partial charge in [0, 0.05) is 24.0 Å². The van der Waals surface area contributed by atoms with Crippen LogP contribution in [0.1, 0.15) is 62.5 Å². The monoisotopic (exact) mass is 538 g/mol. The van der Waals surface area contributed by atoms with E-state index in [1.165, 1.54) is 12.4 Å². The summed E-state index contributed by atoms with van der Waals surface area (Å²) < 4.78 is 0. The first-order chi connectivity index (χ1) is 19.5. The van der Waals surface area contributed by atoms with Crippen molar-refractivity contribution in [1.82, 2.24) is 10.9 Å². The molecule has 0 aliphatic carbocycles. The molecule has 40 heavy (non-hydrogen) atoms. The van der Waals surface area contributed by atoms with Crippen LogP contribution < -0.4 is 10.9 Å². The zero-order chi connectivity index (χ0) is 28.2. The molecule has 0 radical (unpaired) electrons. The number of phenols is 2. The lowest BCUT2D eigenvalue weighted by atomic mass is 10.0. The highest BCUT2D eigenvalue weighted by Gasteiger charge is 2.06. The average molecular weight is 539 g/mol. The van der Waals surface area contributed by atoms with Crippen molar-refractivity contribution in [1.29, 1.82) is 0 Å². The molecule has 0 heterocycles. The lowest BCUT2D eigenvalue weighted by Crippen LogP contribution is -2.17. The van der Waals surface area contributed by atoms with Crippen molar-refractivity contribution >= 4 is 45.8 Å². The largest absolute Gasteiger partial charge is 0.507 e. The number of unbranched alkanes of at least 4 members (excludes halogenated alkanes) is 5. The van der Waals surface area contributed by atoms with Crippen LogP contribution in [0, 0.1) is 0 Å². The van der Waals surface area contributed by atoms with Crippen molar-refractivity contribution in [2.45, 2.75) is 51.4 Å². The maximum absolute atomic E-state index is 12.1. The Kier molecular flexibility index (Phi) is 10.2. The van der Waals surface area contributed by atoms with Crippen molar-refractivity contribution < 1.29 is 19.8 Å². The van der Waals surface area contributed by atoms with E-state index in [4.69, 9.17) is 0 Å². The van der Waals surface area contributed by atoms with Gasteiger partial charge in [0.05, 0.1) is 12.4 Å². The predicted octanol–water partition coefficient (Wildman–Crippen LogP) is 6.13. The molecule has 0 bridgehead atoms. The minimum Gasteiger partial charge on any atom is -0.507 e. The molecule has 4 rings (SSSR count). The van der Waals surface area contributed by atoms with Gasteiger partial charge in [0.15, 0.2) is 0 Å².